The number of halogens is 2. The molecule has 0 saturated carbocycles. The maximum absolute atomic E-state index is 13.6. The van der Waals surface area contributed by atoms with Gasteiger partial charge in [0.05, 0.1) is 10.9 Å². The van der Waals surface area contributed by atoms with Crippen molar-refractivity contribution in [2.24, 2.45) is 0 Å². The monoisotopic (exact) mass is 452 g/mol. The molecule has 3 rings (SSSR count). The molecule has 9 heteroatoms. The zero-order valence-corrected chi connectivity index (χ0v) is 17.1. The highest BCUT2D eigenvalue weighted by Crippen LogP contribution is 2.34. The molecule has 0 heterocycles. The van der Waals surface area contributed by atoms with Gasteiger partial charge >= 0.3 is 21.5 Å². The van der Waals surface area contributed by atoms with E-state index in [0.717, 1.165) is 14.7 Å². The Kier molecular flexibility index (Phi) is 6.25. The van der Waals surface area contributed by atoms with E-state index in [9.17, 15) is 22.3 Å². The number of ether oxygens (including phenoxy) is 1. The van der Waals surface area contributed by atoms with E-state index < -0.39 is 32.4 Å². The quantitative estimate of drug-likeness (QED) is 0.312. The van der Waals surface area contributed by atoms with Crippen molar-refractivity contribution >= 4 is 21.0 Å². The van der Waals surface area contributed by atoms with Gasteiger partial charge in [-0.05, 0) is 60.7 Å². The fourth-order valence-corrected chi connectivity index (χ4v) is 5.04. The highest BCUT2D eigenvalue weighted by atomic mass is 32.2. The van der Waals surface area contributed by atoms with Crippen molar-refractivity contribution in [2.75, 3.05) is 0 Å². The predicted octanol–water partition coefficient (Wildman–Crippen LogP) is 4.55. The standard InChI is InChI=1S/C21H16F2O5S2/c1-15(21(22,23)30(25,26)27)28-17-9-13-20(14-10-17)29(18-5-3-2-4-6-18)19-11-7-16(24)8-12-19/h2-15H,1H2/p+2. The van der Waals surface area contributed by atoms with Crippen molar-refractivity contribution in [3.63, 3.8) is 0 Å². The van der Waals surface area contributed by atoms with Crippen molar-refractivity contribution < 1.29 is 31.6 Å². The summed E-state index contributed by atoms with van der Waals surface area (Å²) in [6.07, 6.45) is -2.33. The number of benzene rings is 3. The van der Waals surface area contributed by atoms with Crippen LogP contribution in [-0.2, 0) is 21.0 Å². The van der Waals surface area contributed by atoms with Gasteiger partial charge in [-0.25, -0.2) is 0 Å². The van der Waals surface area contributed by atoms with Gasteiger partial charge in [0.25, 0.3) is 0 Å². The first-order chi connectivity index (χ1) is 14.1. The maximum Gasteiger partial charge on any atom is 0.448 e. The first-order valence-corrected chi connectivity index (χ1v) is 11.3. The van der Waals surface area contributed by atoms with Crippen LogP contribution in [0.2, 0.25) is 0 Å². The van der Waals surface area contributed by atoms with Crippen LogP contribution in [0.1, 0.15) is 0 Å². The van der Waals surface area contributed by atoms with E-state index >= 15 is 0 Å². The summed E-state index contributed by atoms with van der Waals surface area (Å²) in [6, 6.07) is 22.6. The molecule has 30 heavy (non-hydrogen) atoms. The van der Waals surface area contributed by atoms with E-state index in [1.807, 2.05) is 30.3 Å². The summed E-state index contributed by atoms with van der Waals surface area (Å²) in [7, 11) is -6.20. The molecule has 3 aromatic rings. The number of aromatic hydroxyl groups is 1. The Morgan fingerprint density at radius 2 is 1.33 bits per heavy atom. The van der Waals surface area contributed by atoms with Crippen LogP contribution in [0.5, 0.6) is 11.5 Å². The van der Waals surface area contributed by atoms with Crippen LogP contribution in [0.15, 0.2) is 93.5 Å². The molecule has 2 atom stereocenters. The maximum atomic E-state index is 13.6. The third-order valence-electron chi connectivity index (χ3n) is 4.11. The van der Waals surface area contributed by atoms with Gasteiger partial charge in [-0.15, -0.1) is 0 Å². The van der Waals surface area contributed by atoms with Gasteiger partial charge in [-0.1, -0.05) is 18.2 Å². The van der Waals surface area contributed by atoms with Crippen molar-refractivity contribution in [1.82, 2.24) is 0 Å². The SMILES string of the molecule is [CH2+]C(Oc1ccc([S+](c2ccccc2)c2ccc(O)cc2)cc1)C(F)(F)S(=O)(=O)O. The molecule has 0 aromatic heterocycles. The molecule has 0 bridgehead atoms. The molecule has 0 saturated heterocycles. The highest BCUT2D eigenvalue weighted by Gasteiger charge is 2.56. The van der Waals surface area contributed by atoms with E-state index in [1.165, 1.54) is 12.1 Å². The number of hydrogen-bond donors (Lipinski definition) is 2. The molecular weight excluding hydrogens is 434 g/mol. The summed E-state index contributed by atoms with van der Waals surface area (Å²) >= 11 is 0. The summed E-state index contributed by atoms with van der Waals surface area (Å²) in [5, 5.41) is 5.03. The van der Waals surface area contributed by atoms with Gasteiger partial charge in [0, 0.05) is 0 Å². The van der Waals surface area contributed by atoms with Crippen molar-refractivity contribution in [3.05, 3.63) is 85.8 Å². The van der Waals surface area contributed by atoms with E-state index in [0.29, 0.717) is 0 Å². The Morgan fingerprint density at radius 1 is 0.867 bits per heavy atom. The lowest BCUT2D eigenvalue weighted by atomic mass is 10.3. The van der Waals surface area contributed by atoms with E-state index in [-0.39, 0.29) is 11.5 Å². The largest absolute Gasteiger partial charge is 0.508 e. The minimum absolute atomic E-state index is 0.0237. The molecule has 0 radical (unpaired) electrons. The average molecular weight is 453 g/mol. The molecule has 5 nitrogen and oxygen atoms in total. The summed E-state index contributed by atoms with van der Waals surface area (Å²) < 4.78 is 62.6. The Balaban J connectivity index is 1.91. The molecule has 2 N–H and O–H groups in total. The Morgan fingerprint density at radius 3 is 1.83 bits per heavy atom. The van der Waals surface area contributed by atoms with Crippen LogP contribution in [-0.4, -0.2) is 29.4 Å². The first-order valence-electron chi connectivity index (χ1n) is 8.62. The van der Waals surface area contributed by atoms with Crippen molar-refractivity contribution in [2.45, 2.75) is 26.0 Å². The Hall–Kier alpha value is -2.75. The van der Waals surface area contributed by atoms with E-state index in [1.54, 1.807) is 36.4 Å². The van der Waals surface area contributed by atoms with Gasteiger partial charge < -0.3 is 9.84 Å². The van der Waals surface area contributed by atoms with Crippen LogP contribution >= 0.6 is 0 Å². The van der Waals surface area contributed by atoms with E-state index in [4.69, 9.17) is 9.29 Å². The van der Waals surface area contributed by atoms with Gasteiger partial charge in [-0.2, -0.15) is 17.2 Å². The van der Waals surface area contributed by atoms with Crippen LogP contribution in [0.4, 0.5) is 8.78 Å². The summed E-state index contributed by atoms with van der Waals surface area (Å²) in [5.74, 6) is 0.116. The number of phenolic OH excluding ortho intramolecular Hbond substituents is 1. The lowest BCUT2D eigenvalue weighted by Crippen LogP contribution is -2.42. The van der Waals surface area contributed by atoms with Crippen LogP contribution in [0.25, 0.3) is 0 Å². The van der Waals surface area contributed by atoms with Gasteiger partial charge in [0.2, 0.25) is 0 Å². The molecular formula is C21H18F2O5S2+2. The molecule has 2 unspecified atom stereocenters. The Labute approximate surface area is 176 Å². The van der Waals surface area contributed by atoms with Crippen LogP contribution < -0.4 is 4.74 Å². The third kappa shape index (κ3) is 4.69. The molecule has 0 fully saturated rings. The average Bonchev–Trinajstić information content (AvgIpc) is 2.71. The Bertz CT molecular complexity index is 1090. The number of hydrogen-bond acceptors (Lipinski definition) is 4. The minimum Gasteiger partial charge on any atom is -0.508 e. The molecule has 0 spiro atoms. The van der Waals surface area contributed by atoms with Crippen LogP contribution in [0.3, 0.4) is 0 Å². The molecule has 3 aromatic carbocycles. The molecule has 0 aliphatic carbocycles. The number of rotatable bonds is 7. The second-order valence-electron chi connectivity index (χ2n) is 6.23. The third-order valence-corrected chi connectivity index (χ3v) is 7.29. The number of alkyl halides is 2. The molecule has 0 aliphatic heterocycles. The zero-order chi connectivity index (χ0) is 21.9. The fourth-order valence-electron chi connectivity index (χ4n) is 2.60. The molecule has 0 amide bonds. The second-order valence-corrected chi connectivity index (χ2v) is 9.75. The van der Waals surface area contributed by atoms with Gasteiger partial charge in [-0.3, -0.25) is 4.55 Å². The topological polar surface area (TPSA) is 83.8 Å². The van der Waals surface area contributed by atoms with Crippen molar-refractivity contribution in [1.29, 1.82) is 0 Å². The second kappa shape index (κ2) is 8.55. The fraction of sp³-hybridized carbons (Fsp3) is 0.0952. The minimum atomic E-state index is -5.66. The van der Waals surface area contributed by atoms with Crippen molar-refractivity contribution in [3.8, 4) is 11.5 Å². The predicted molar refractivity (Wildman–Crippen MR) is 109 cm³/mol. The zero-order valence-electron chi connectivity index (χ0n) is 15.5. The molecule has 156 valence electrons. The number of phenols is 1. The summed E-state index contributed by atoms with van der Waals surface area (Å²) in [6.45, 7) is 3.00. The van der Waals surface area contributed by atoms with Gasteiger partial charge in [0.15, 0.2) is 14.7 Å². The van der Waals surface area contributed by atoms with Crippen LogP contribution in [0, 0.1) is 6.92 Å². The normalized spacial score (nSPS) is 14.1. The molecule has 0 aliphatic rings. The smallest absolute Gasteiger partial charge is 0.448 e. The summed E-state index contributed by atoms with van der Waals surface area (Å²) in [4.78, 5) is 2.78. The highest BCUT2D eigenvalue weighted by molar-refractivity contribution is 7.97. The first kappa shape index (κ1) is 21.9. The lowest BCUT2D eigenvalue weighted by Gasteiger charge is -2.17. The lowest BCUT2D eigenvalue weighted by molar-refractivity contribution is -0.0108. The van der Waals surface area contributed by atoms with Gasteiger partial charge in [0.1, 0.15) is 18.4 Å². The van der Waals surface area contributed by atoms with E-state index in [2.05, 4.69) is 6.92 Å². The summed E-state index contributed by atoms with van der Waals surface area (Å²) in [5.41, 5.74) is 0.